The molecule has 138 valence electrons. The third-order valence-electron chi connectivity index (χ3n) is 4.58. The Hall–Kier alpha value is -2.08. The summed E-state index contributed by atoms with van der Waals surface area (Å²) in [5, 5.41) is 3.78. The van der Waals surface area contributed by atoms with Gasteiger partial charge in [0.2, 0.25) is 5.91 Å². The molecule has 1 unspecified atom stereocenters. The van der Waals surface area contributed by atoms with E-state index in [1.807, 2.05) is 48.5 Å². The van der Waals surface area contributed by atoms with Crippen LogP contribution in [0.3, 0.4) is 0 Å². The summed E-state index contributed by atoms with van der Waals surface area (Å²) in [6, 6.07) is 15.3. The highest BCUT2D eigenvalue weighted by molar-refractivity contribution is 6.30. The van der Waals surface area contributed by atoms with E-state index in [1.54, 1.807) is 0 Å². The number of nitrogens with two attached hydrogens (primary N) is 1. The van der Waals surface area contributed by atoms with Crippen molar-refractivity contribution in [3.8, 4) is 0 Å². The summed E-state index contributed by atoms with van der Waals surface area (Å²) in [5.74, 6) is 0.00185. The fourth-order valence-corrected chi connectivity index (χ4v) is 3.25. The molecule has 2 aromatic rings. The number of amides is 1. The maximum Gasteiger partial charge on any atom is 0.224 e. The maximum absolute atomic E-state index is 12.4. The summed E-state index contributed by atoms with van der Waals surface area (Å²) < 4.78 is 5.46. The van der Waals surface area contributed by atoms with Gasteiger partial charge in [0.15, 0.2) is 0 Å². The average molecular weight is 374 g/mol. The van der Waals surface area contributed by atoms with E-state index in [2.05, 4.69) is 10.2 Å². The van der Waals surface area contributed by atoms with Crippen LogP contribution in [0.15, 0.2) is 48.5 Å². The first-order valence-corrected chi connectivity index (χ1v) is 9.18. The molecule has 0 aliphatic carbocycles. The summed E-state index contributed by atoms with van der Waals surface area (Å²) >= 11 is 6.02. The van der Waals surface area contributed by atoms with Crippen LogP contribution in [0, 0.1) is 0 Å². The lowest BCUT2D eigenvalue weighted by Crippen LogP contribution is -2.44. The van der Waals surface area contributed by atoms with E-state index in [9.17, 15) is 4.79 Å². The van der Waals surface area contributed by atoms with Crippen LogP contribution in [0.4, 0.5) is 5.69 Å². The quantitative estimate of drug-likeness (QED) is 0.764. The van der Waals surface area contributed by atoms with Crippen LogP contribution >= 0.6 is 11.6 Å². The van der Waals surface area contributed by atoms with E-state index in [0.717, 1.165) is 24.2 Å². The zero-order valence-electron chi connectivity index (χ0n) is 14.7. The van der Waals surface area contributed by atoms with Crippen molar-refractivity contribution in [3.63, 3.8) is 0 Å². The molecule has 0 bridgehead atoms. The van der Waals surface area contributed by atoms with Crippen molar-refractivity contribution in [2.45, 2.75) is 12.5 Å². The number of rotatable bonds is 6. The Labute approximate surface area is 159 Å². The number of ether oxygens (including phenoxy) is 1. The Kier molecular flexibility index (Phi) is 6.50. The van der Waals surface area contributed by atoms with Gasteiger partial charge < -0.3 is 15.8 Å². The van der Waals surface area contributed by atoms with Gasteiger partial charge >= 0.3 is 0 Å². The van der Waals surface area contributed by atoms with Crippen LogP contribution in [-0.4, -0.2) is 43.7 Å². The fourth-order valence-electron chi connectivity index (χ4n) is 3.13. The molecule has 26 heavy (non-hydrogen) atoms. The smallest absolute Gasteiger partial charge is 0.224 e. The van der Waals surface area contributed by atoms with Gasteiger partial charge in [0.25, 0.3) is 0 Å². The molecule has 1 saturated heterocycles. The number of nitrogens with zero attached hydrogens (tertiary/aromatic N) is 1. The Bertz CT molecular complexity index is 713. The summed E-state index contributed by atoms with van der Waals surface area (Å²) in [6.45, 7) is 3.67. The van der Waals surface area contributed by atoms with Crippen molar-refractivity contribution >= 4 is 23.2 Å². The minimum absolute atomic E-state index is 0.00185. The van der Waals surface area contributed by atoms with E-state index in [4.69, 9.17) is 22.1 Å². The molecule has 2 aromatic carbocycles. The number of benzene rings is 2. The van der Waals surface area contributed by atoms with Gasteiger partial charge in [0.1, 0.15) is 0 Å². The first-order chi connectivity index (χ1) is 12.6. The highest BCUT2D eigenvalue weighted by Gasteiger charge is 2.23. The number of hydrogen-bond donors (Lipinski definition) is 2. The van der Waals surface area contributed by atoms with Crippen LogP contribution in [-0.2, 0) is 16.0 Å². The second kappa shape index (κ2) is 9.03. The number of halogens is 1. The molecule has 1 heterocycles. The van der Waals surface area contributed by atoms with Gasteiger partial charge in [-0.15, -0.1) is 0 Å². The zero-order valence-corrected chi connectivity index (χ0v) is 15.4. The largest absolute Gasteiger partial charge is 0.399 e. The first-order valence-electron chi connectivity index (χ1n) is 8.80. The molecular formula is C20H24ClN3O2. The molecular weight excluding hydrogens is 350 g/mol. The van der Waals surface area contributed by atoms with E-state index < -0.39 is 0 Å². The van der Waals surface area contributed by atoms with Crippen molar-refractivity contribution < 1.29 is 9.53 Å². The van der Waals surface area contributed by atoms with E-state index in [-0.39, 0.29) is 11.9 Å². The third-order valence-corrected chi connectivity index (χ3v) is 4.83. The van der Waals surface area contributed by atoms with Gasteiger partial charge in [-0.3, -0.25) is 9.69 Å². The highest BCUT2D eigenvalue weighted by Crippen LogP contribution is 2.23. The standard InChI is InChI=1S/C20H24ClN3O2/c21-17-5-3-16(4-6-17)19(24-9-11-26-12-10-24)14-23-20(25)13-15-1-7-18(22)8-2-15/h1-8,19H,9-14,22H2,(H,23,25). The Morgan fingerprint density at radius 2 is 1.77 bits per heavy atom. The molecule has 1 amide bonds. The second-order valence-electron chi connectivity index (χ2n) is 6.44. The van der Waals surface area contributed by atoms with Gasteiger partial charge in [-0.05, 0) is 35.4 Å². The van der Waals surface area contributed by atoms with Crippen LogP contribution in [0.1, 0.15) is 17.2 Å². The molecule has 3 N–H and O–H groups in total. The SMILES string of the molecule is Nc1ccc(CC(=O)NCC(c2ccc(Cl)cc2)N2CCOCC2)cc1. The minimum Gasteiger partial charge on any atom is -0.399 e. The summed E-state index contributed by atoms with van der Waals surface area (Å²) in [7, 11) is 0. The number of carbonyl (C=O) groups is 1. The van der Waals surface area contributed by atoms with Crippen LogP contribution in [0.2, 0.25) is 5.02 Å². The van der Waals surface area contributed by atoms with E-state index >= 15 is 0 Å². The molecule has 1 aliphatic heterocycles. The van der Waals surface area contributed by atoms with E-state index in [0.29, 0.717) is 36.9 Å². The summed E-state index contributed by atoms with van der Waals surface area (Å²) in [6.07, 6.45) is 0.344. The lowest BCUT2D eigenvalue weighted by Gasteiger charge is -2.35. The highest BCUT2D eigenvalue weighted by atomic mass is 35.5. The minimum atomic E-state index is 0.00185. The lowest BCUT2D eigenvalue weighted by molar-refractivity contribution is -0.120. The number of morpholine rings is 1. The number of carbonyl (C=O) groups excluding carboxylic acids is 1. The Morgan fingerprint density at radius 3 is 2.42 bits per heavy atom. The van der Waals surface area contributed by atoms with Gasteiger partial charge in [-0.25, -0.2) is 0 Å². The predicted octanol–water partition coefficient (Wildman–Crippen LogP) is 2.65. The normalized spacial score (nSPS) is 16.2. The van der Waals surface area contributed by atoms with Gasteiger partial charge in [0, 0.05) is 30.3 Å². The number of anilines is 1. The molecule has 1 aliphatic rings. The molecule has 0 spiro atoms. The Balaban J connectivity index is 1.64. The summed E-state index contributed by atoms with van der Waals surface area (Å²) in [5.41, 5.74) is 8.48. The van der Waals surface area contributed by atoms with Crippen molar-refractivity contribution in [1.82, 2.24) is 10.2 Å². The van der Waals surface area contributed by atoms with Crippen molar-refractivity contribution in [3.05, 3.63) is 64.7 Å². The summed E-state index contributed by atoms with van der Waals surface area (Å²) in [4.78, 5) is 14.7. The van der Waals surface area contributed by atoms with Crippen molar-refractivity contribution in [2.24, 2.45) is 0 Å². The maximum atomic E-state index is 12.4. The number of nitrogens with one attached hydrogen (secondary N) is 1. The number of nitrogen functional groups attached to an aromatic ring is 1. The van der Waals surface area contributed by atoms with Crippen molar-refractivity contribution in [1.29, 1.82) is 0 Å². The average Bonchev–Trinajstić information content (AvgIpc) is 2.66. The van der Waals surface area contributed by atoms with Crippen LogP contribution < -0.4 is 11.1 Å². The molecule has 0 saturated carbocycles. The molecule has 1 fully saturated rings. The fraction of sp³-hybridized carbons (Fsp3) is 0.350. The zero-order chi connectivity index (χ0) is 18.4. The third kappa shape index (κ3) is 5.21. The van der Waals surface area contributed by atoms with Crippen LogP contribution in [0.25, 0.3) is 0 Å². The molecule has 5 nitrogen and oxygen atoms in total. The second-order valence-corrected chi connectivity index (χ2v) is 6.87. The molecule has 1 atom stereocenters. The monoisotopic (exact) mass is 373 g/mol. The molecule has 6 heteroatoms. The topological polar surface area (TPSA) is 67.6 Å². The molecule has 0 radical (unpaired) electrons. The van der Waals surface area contributed by atoms with Gasteiger partial charge in [0.05, 0.1) is 25.7 Å². The van der Waals surface area contributed by atoms with E-state index in [1.165, 1.54) is 0 Å². The first kappa shape index (κ1) is 18.7. The van der Waals surface area contributed by atoms with Crippen LogP contribution in [0.5, 0.6) is 0 Å². The number of hydrogen-bond acceptors (Lipinski definition) is 4. The lowest BCUT2D eigenvalue weighted by atomic mass is 10.0. The molecule has 3 rings (SSSR count). The Morgan fingerprint density at radius 1 is 1.12 bits per heavy atom. The predicted molar refractivity (Wildman–Crippen MR) is 104 cm³/mol. The van der Waals surface area contributed by atoms with Gasteiger partial charge in [-0.2, -0.15) is 0 Å². The van der Waals surface area contributed by atoms with Crippen molar-refractivity contribution in [2.75, 3.05) is 38.6 Å². The molecule has 0 aromatic heterocycles. The van der Waals surface area contributed by atoms with Gasteiger partial charge in [-0.1, -0.05) is 35.9 Å².